The molecule has 0 radical (unpaired) electrons. The van der Waals surface area contributed by atoms with E-state index in [1.54, 1.807) is 0 Å². The zero-order valence-corrected chi connectivity index (χ0v) is 9.86. The number of aliphatic hydroxyl groups is 1. The molecule has 1 aromatic carbocycles. The van der Waals surface area contributed by atoms with Crippen LogP contribution in [-0.4, -0.2) is 14.9 Å². The molecule has 1 N–H and O–H groups in total. The fraction of sp³-hybridized carbons (Fsp3) is 0.308. The van der Waals surface area contributed by atoms with Gasteiger partial charge in [0.15, 0.2) is 0 Å². The van der Waals surface area contributed by atoms with Gasteiger partial charge in [0.25, 0.3) is 0 Å². The van der Waals surface area contributed by atoms with E-state index in [0.29, 0.717) is 5.69 Å². The van der Waals surface area contributed by atoms with Gasteiger partial charge in [0, 0.05) is 5.69 Å². The number of rotatable bonds is 2. The predicted octanol–water partition coefficient (Wildman–Crippen LogP) is 2.29. The molecule has 1 heterocycles. The van der Waals surface area contributed by atoms with Crippen molar-refractivity contribution in [1.29, 1.82) is 0 Å². The first kappa shape index (κ1) is 10.9. The zero-order chi connectivity index (χ0) is 11.7. The lowest BCUT2D eigenvalue weighted by Crippen LogP contribution is -2.02. The SMILES string of the molecule is Cc1cccc(-n2nc(CO)cc2C)c1C. The van der Waals surface area contributed by atoms with Crippen LogP contribution in [0.2, 0.25) is 0 Å². The molecule has 0 unspecified atom stereocenters. The quantitative estimate of drug-likeness (QED) is 0.836. The summed E-state index contributed by atoms with van der Waals surface area (Å²) < 4.78 is 1.88. The summed E-state index contributed by atoms with van der Waals surface area (Å²) in [7, 11) is 0. The lowest BCUT2D eigenvalue weighted by Gasteiger charge is -2.10. The fourth-order valence-corrected chi connectivity index (χ4v) is 1.82. The van der Waals surface area contributed by atoms with Gasteiger partial charge in [-0.05, 0) is 44.0 Å². The molecule has 2 aromatic rings. The summed E-state index contributed by atoms with van der Waals surface area (Å²) in [5.74, 6) is 0. The summed E-state index contributed by atoms with van der Waals surface area (Å²) >= 11 is 0. The van der Waals surface area contributed by atoms with E-state index in [0.717, 1.165) is 11.4 Å². The molecule has 0 spiro atoms. The third-order valence-corrected chi connectivity index (χ3v) is 2.90. The Kier molecular flexibility index (Phi) is 2.79. The van der Waals surface area contributed by atoms with Crippen LogP contribution in [0.4, 0.5) is 0 Å². The van der Waals surface area contributed by atoms with Crippen molar-refractivity contribution in [2.45, 2.75) is 27.4 Å². The first-order valence-corrected chi connectivity index (χ1v) is 5.36. The van der Waals surface area contributed by atoms with Crippen molar-refractivity contribution in [3.63, 3.8) is 0 Å². The van der Waals surface area contributed by atoms with Crippen molar-refractivity contribution >= 4 is 0 Å². The standard InChI is InChI=1S/C13H16N2O/c1-9-5-4-6-13(11(9)3)15-10(2)7-12(8-16)14-15/h4-7,16H,8H2,1-3H3. The summed E-state index contributed by atoms with van der Waals surface area (Å²) in [5, 5.41) is 13.4. The summed E-state index contributed by atoms with van der Waals surface area (Å²) in [4.78, 5) is 0. The second-order valence-corrected chi connectivity index (χ2v) is 4.07. The van der Waals surface area contributed by atoms with E-state index in [2.05, 4.69) is 25.0 Å². The number of aryl methyl sites for hydroxylation is 2. The van der Waals surface area contributed by atoms with Crippen LogP contribution in [-0.2, 0) is 6.61 Å². The van der Waals surface area contributed by atoms with Crippen molar-refractivity contribution in [1.82, 2.24) is 9.78 Å². The third kappa shape index (κ3) is 1.74. The van der Waals surface area contributed by atoms with Gasteiger partial charge in [0.1, 0.15) is 0 Å². The monoisotopic (exact) mass is 216 g/mol. The van der Waals surface area contributed by atoms with Crippen LogP contribution in [0.3, 0.4) is 0 Å². The largest absolute Gasteiger partial charge is 0.390 e. The first-order valence-electron chi connectivity index (χ1n) is 5.36. The van der Waals surface area contributed by atoms with Gasteiger partial charge in [0.05, 0.1) is 18.0 Å². The van der Waals surface area contributed by atoms with Gasteiger partial charge in [-0.1, -0.05) is 12.1 Å². The topological polar surface area (TPSA) is 38.0 Å². The Morgan fingerprint density at radius 3 is 2.62 bits per heavy atom. The molecule has 0 atom stereocenters. The van der Waals surface area contributed by atoms with E-state index < -0.39 is 0 Å². The van der Waals surface area contributed by atoms with Gasteiger partial charge in [-0.15, -0.1) is 0 Å². The van der Waals surface area contributed by atoms with Crippen molar-refractivity contribution in [3.8, 4) is 5.69 Å². The van der Waals surface area contributed by atoms with E-state index in [1.165, 1.54) is 11.1 Å². The minimum atomic E-state index is -0.0152. The molecule has 0 aliphatic heterocycles. The number of benzene rings is 1. The third-order valence-electron chi connectivity index (χ3n) is 2.90. The highest BCUT2D eigenvalue weighted by Crippen LogP contribution is 2.19. The Morgan fingerprint density at radius 1 is 1.25 bits per heavy atom. The molecule has 3 heteroatoms. The Hall–Kier alpha value is -1.61. The van der Waals surface area contributed by atoms with E-state index >= 15 is 0 Å². The van der Waals surface area contributed by atoms with Gasteiger partial charge in [0.2, 0.25) is 0 Å². The molecule has 0 saturated carbocycles. The van der Waals surface area contributed by atoms with E-state index in [9.17, 15) is 0 Å². The van der Waals surface area contributed by atoms with Crippen LogP contribution >= 0.6 is 0 Å². The highest BCUT2D eigenvalue weighted by Gasteiger charge is 2.08. The maximum atomic E-state index is 9.07. The maximum absolute atomic E-state index is 9.07. The minimum absolute atomic E-state index is 0.0152. The molecule has 0 saturated heterocycles. The van der Waals surface area contributed by atoms with Gasteiger partial charge in [-0.3, -0.25) is 0 Å². The summed E-state index contributed by atoms with van der Waals surface area (Å²) in [6, 6.07) is 8.06. The Bertz CT molecular complexity index is 515. The van der Waals surface area contributed by atoms with Crippen molar-refractivity contribution in [3.05, 3.63) is 46.8 Å². The van der Waals surface area contributed by atoms with Crippen LogP contribution in [0.25, 0.3) is 5.69 Å². The predicted molar refractivity (Wildman–Crippen MR) is 63.7 cm³/mol. The van der Waals surface area contributed by atoms with Crippen LogP contribution in [0.15, 0.2) is 24.3 Å². The second kappa shape index (κ2) is 4.10. The highest BCUT2D eigenvalue weighted by atomic mass is 16.3. The smallest absolute Gasteiger partial charge is 0.0886 e. The molecular weight excluding hydrogens is 200 g/mol. The first-order chi connectivity index (χ1) is 7.63. The summed E-state index contributed by atoms with van der Waals surface area (Å²) in [6.07, 6.45) is 0. The molecule has 0 amide bonds. The van der Waals surface area contributed by atoms with Crippen LogP contribution < -0.4 is 0 Å². The van der Waals surface area contributed by atoms with Crippen molar-refractivity contribution in [2.75, 3.05) is 0 Å². The minimum Gasteiger partial charge on any atom is -0.390 e. The summed E-state index contributed by atoms with van der Waals surface area (Å²) in [6.45, 7) is 6.15. The number of aliphatic hydroxyl groups excluding tert-OH is 1. The average molecular weight is 216 g/mol. The van der Waals surface area contributed by atoms with Crippen molar-refractivity contribution in [2.24, 2.45) is 0 Å². The van der Waals surface area contributed by atoms with Crippen LogP contribution in [0.5, 0.6) is 0 Å². The molecule has 3 nitrogen and oxygen atoms in total. The average Bonchev–Trinajstić information content (AvgIpc) is 2.64. The molecule has 1 aromatic heterocycles. The molecule has 84 valence electrons. The Balaban J connectivity index is 2.58. The number of nitrogens with zero attached hydrogens (tertiary/aromatic N) is 2. The van der Waals surface area contributed by atoms with Gasteiger partial charge in [-0.2, -0.15) is 5.10 Å². The molecule has 0 fully saturated rings. The van der Waals surface area contributed by atoms with Crippen molar-refractivity contribution < 1.29 is 5.11 Å². The van der Waals surface area contributed by atoms with E-state index in [1.807, 2.05) is 29.8 Å². The normalized spacial score (nSPS) is 10.8. The second-order valence-electron chi connectivity index (χ2n) is 4.07. The lowest BCUT2D eigenvalue weighted by atomic mass is 10.1. The zero-order valence-electron chi connectivity index (χ0n) is 9.86. The molecule has 0 aliphatic rings. The number of aromatic nitrogens is 2. The number of hydrogen-bond acceptors (Lipinski definition) is 2. The van der Waals surface area contributed by atoms with Gasteiger partial charge >= 0.3 is 0 Å². The number of hydrogen-bond donors (Lipinski definition) is 1. The molecule has 0 bridgehead atoms. The lowest BCUT2D eigenvalue weighted by molar-refractivity contribution is 0.276. The molecular formula is C13H16N2O. The Morgan fingerprint density at radius 2 is 2.00 bits per heavy atom. The van der Waals surface area contributed by atoms with Gasteiger partial charge in [-0.25, -0.2) is 4.68 Å². The van der Waals surface area contributed by atoms with Crippen LogP contribution in [0.1, 0.15) is 22.5 Å². The van der Waals surface area contributed by atoms with E-state index in [-0.39, 0.29) is 6.61 Å². The molecule has 0 aliphatic carbocycles. The van der Waals surface area contributed by atoms with Gasteiger partial charge < -0.3 is 5.11 Å². The fourth-order valence-electron chi connectivity index (χ4n) is 1.82. The summed E-state index contributed by atoms with van der Waals surface area (Å²) in [5.41, 5.74) is 5.30. The maximum Gasteiger partial charge on any atom is 0.0886 e. The molecule has 2 rings (SSSR count). The van der Waals surface area contributed by atoms with E-state index in [4.69, 9.17) is 5.11 Å². The van der Waals surface area contributed by atoms with Crippen LogP contribution in [0, 0.1) is 20.8 Å². The molecule has 16 heavy (non-hydrogen) atoms. The Labute approximate surface area is 95.3 Å². The highest BCUT2D eigenvalue weighted by molar-refractivity contribution is 5.45.